The minimum Gasteiger partial charge on any atom is -0.383 e. The Labute approximate surface area is 119 Å². The van der Waals surface area contributed by atoms with Crippen molar-refractivity contribution < 1.29 is 13.2 Å². The Morgan fingerprint density at radius 2 is 2.05 bits per heavy atom. The third-order valence-electron chi connectivity index (χ3n) is 3.04. The molecule has 0 amide bonds. The minimum atomic E-state index is -3.54. The van der Waals surface area contributed by atoms with Crippen molar-refractivity contribution >= 4 is 16.0 Å². The molecule has 1 aliphatic rings. The number of hydrogen-bond donors (Lipinski definition) is 1. The molecule has 0 atom stereocenters. The van der Waals surface area contributed by atoms with Crippen molar-refractivity contribution in [3.8, 4) is 0 Å². The number of aromatic nitrogens is 2. The van der Waals surface area contributed by atoms with Crippen LogP contribution >= 0.6 is 0 Å². The third kappa shape index (κ3) is 3.44. The van der Waals surface area contributed by atoms with Gasteiger partial charge in [-0.25, -0.2) is 18.4 Å². The number of ether oxygens (including phenoxy) is 1. The van der Waals surface area contributed by atoms with Crippen LogP contribution < -0.4 is 5.32 Å². The number of nitrogens with one attached hydrogen (secondary N) is 1. The Bertz CT molecular complexity index is 528. The van der Waals surface area contributed by atoms with E-state index in [4.69, 9.17) is 4.74 Å². The van der Waals surface area contributed by atoms with Crippen LogP contribution in [0.4, 0.5) is 5.95 Å². The zero-order valence-corrected chi connectivity index (χ0v) is 12.6. The molecule has 1 N–H and O–H groups in total. The van der Waals surface area contributed by atoms with Gasteiger partial charge in [0.2, 0.25) is 16.0 Å². The molecule has 0 radical (unpaired) electrons. The molecule has 1 heterocycles. The lowest BCUT2D eigenvalue weighted by atomic mass is 10.6. The van der Waals surface area contributed by atoms with E-state index in [1.807, 2.05) is 6.92 Å². The predicted octanol–water partition coefficient (Wildman–Crippen LogP) is 0.708. The molecule has 2 rings (SSSR count). The average molecular weight is 300 g/mol. The molecule has 1 fully saturated rings. The smallest absolute Gasteiger partial charge is 0.246 e. The molecule has 20 heavy (non-hydrogen) atoms. The molecular formula is C12H20N4O3S. The fraction of sp³-hybridized carbons (Fsp3) is 0.667. The maximum atomic E-state index is 12.6. The molecule has 0 saturated heterocycles. The molecule has 0 aromatic carbocycles. The minimum absolute atomic E-state index is 0.0867. The third-order valence-corrected chi connectivity index (χ3v) is 4.94. The van der Waals surface area contributed by atoms with Crippen LogP contribution in [0.2, 0.25) is 0 Å². The number of anilines is 1. The summed E-state index contributed by atoms with van der Waals surface area (Å²) >= 11 is 0. The number of rotatable bonds is 8. The van der Waals surface area contributed by atoms with E-state index < -0.39 is 10.0 Å². The van der Waals surface area contributed by atoms with E-state index in [9.17, 15) is 8.42 Å². The first kappa shape index (κ1) is 15.1. The van der Waals surface area contributed by atoms with E-state index in [2.05, 4.69) is 15.3 Å². The summed E-state index contributed by atoms with van der Waals surface area (Å²) in [7, 11) is -1.98. The van der Waals surface area contributed by atoms with E-state index in [0.717, 1.165) is 12.8 Å². The largest absolute Gasteiger partial charge is 0.383 e. The van der Waals surface area contributed by atoms with Gasteiger partial charge >= 0.3 is 0 Å². The molecule has 0 bridgehead atoms. The number of nitrogens with zero attached hydrogens (tertiary/aromatic N) is 3. The summed E-state index contributed by atoms with van der Waals surface area (Å²) in [6, 6.07) is 0.0867. The van der Waals surface area contributed by atoms with Crippen LogP contribution in [0.25, 0.3) is 0 Å². The van der Waals surface area contributed by atoms with Gasteiger partial charge in [0.15, 0.2) is 0 Å². The van der Waals surface area contributed by atoms with Crippen molar-refractivity contribution in [2.45, 2.75) is 30.7 Å². The van der Waals surface area contributed by atoms with Crippen LogP contribution in [0.1, 0.15) is 19.8 Å². The molecule has 1 saturated carbocycles. The molecule has 0 aliphatic heterocycles. The van der Waals surface area contributed by atoms with Gasteiger partial charge < -0.3 is 10.1 Å². The molecule has 7 nitrogen and oxygen atoms in total. The molecular weight excluding hydrogens is 280 g/mol. The lowest BCUT2D eigenvalue weighted by Crippen LogP contribution is -2.36. The second-order valence-electron chi connectivity index (χ2n) is 4.61. The Morgan fingerprint density at radius 1 is 1.40 bits per heavy atom. The van der Waals surface area contributed by atoms with Crippen LogP contribution in [-0.2, 0) is 14.8 Å². The summed E-state index contributed by atoms with van der Waals surface area (Å²) in [4.78, 5) is 8.16. The van der Waals surface area contributed by atoms with Gasteiger partial charge in [-0.15, -0.1) is 0 Å². The molecule has 1 aromatic rings. The van der Waals surface area contributed by atoms with Gasteiger partial charge in [0, 0.05) is 26.2 Å². The fourth-order valence-corrected chi connectivity index (χ4v) is 3.44. The molecule has 0 spiro atoms. The van der Waals surface area contributed by atoms with Crippen LogP contribution in [0.5, 0.6) is 0 Å². The van der Waals surface area contributed by atoms with Crippen molar-refractivity contribution in [3.63, 3.8) is 0 Å². The second-order valence-corrected chi connectivity index (χ2v) is 6.50. The van der Waals surface area contributed by atoms with E-state index in [-0.39, 0.29) is 10.9 Å². The Balaban J connectivity index is 2.18. The number of hydrogen-bond acceptors (Lipinski definition) is 6. The summed E-state index contributed by atoms with van der Waals surface area (Å²) in [5.74, 6) is 0.432. The van der Waals surface area contributed by atoms with Gasteiger partial charge in [-0.1, -0.05) is 0 Å². The highest BCUT2D eigenvalue weighted by Crippen LogP contribution is 2.31. The Kier molecular flexibility index (Phi) is 4.90. The quantitative estimate of drug-likeness (QED) is 0.761. The van der Waals surface area contributed by atoms with Crippen molar-refractivity contribution in [2.75, 3.05) is 32.1 Å². The summed E-state index contributed by atoms with van der Waals surface area (Å²) in [6.45, 7) is 3.35. The van der Waals surface area contributed by atoms with E-state index in [1.54, 1.807) is 7.11 Å². The maximum Gasteiger partial charge on any atom is 0.246 e. The molecule has 8 heteroatoms. The Hall–Kier alpha value is -1.25. The zero-order chi connectivity index (χ0) is 14.6. The SMILES string of the molecule is CCNc1ncc(S(=O)(=O)N(CCOC)C2CC2)cn1. The van der Waals surface area contributed by atoms with Crippen molar-refractivity contribution in [1.82, 2.24) is 14.3 Å². The topological polar surface area (TPSA) is 84.4 Å². The van der Waals surface area contributed by atoms with E-state index in [1.165, 1.54) is 16.7 Å². The monoisotopic (exact) mass is 300 g/mol. The zero-order valence-electron chi connectivity index (χ0n) is 11.7. The highest BCUT2D eigenvalue weighted by atomic mass is 32.2. The van der Waals surface area contributed by atoms with Crippen LogP contribution in [0.3, 0.4) is 0 Å². The summed E-state index contributed by atoms with van der Waals surface area (Å²) < 4.78 is 31.6. The predicted molar refractivity (Wildman–Crippen MR) is 75.0 cm³/mol. The van der Waals surface area contributed by atoms with E-state index >= 15 is 0 Å². The lowest BCUT2D eigenvalue weighted by molar-refractivity contribution is 0.177. The van der Waals surface area contributed by atoms with E-state index in [0.29, 0.717) is 25.6 Å². The van der Waals surface area contributed by atoms with Crippen molar-refractivity contribution in [3.05, 3.63) is 12.4 Å². The molecule has 1 aliphatic carbocycles. The first-order valence-corrected chi connectivity index (χ1v) is 8.10. The van der Waals surface area contributed by atoms with Crippen molar-refractivity contribution in [1.29, 1.82) is 0 Å². The van der Waals surface area contributed by atoms with Gasteiger partial charge in [0.25, 0.3) is 0 Å². The normalized spacial score (nSPS) is 15.6. The first-order valence-electron chi connectivity index (χ1n) is 6.66. The second kappa shape index (κ2) is 6.47. The maximum absolute atomic E-state index is 12.6. The van der Waals surface area contributed by atoms with Gasteiger partial charge in [-0.2, -0.15) is 4.31 Å². The average Bonchev–Trinajstić information content (AvgIpc) is 3.24. The van der Waals surface area contributed by atoms with Crippen LogP contribution in [0, 0.1) is 0 Å². The standard InChI is InChI=1S/C12H20N4O3S/c1-3-13-12-14-8-11(9-15-12)20(17,18)16(6-7-19-2)10-4-5-10/h8-10H,3-7H2,1-2H3,(H,13,14,15). The van der Waals surface area contributed by atoms with Gasteiger partial charge in [0.1, 0.15) is 4.90 Å². The fourth-order valence-electron chi connectivity index (χ4n) is 1.88. The van der Waals surface area contributed by atoms with Gasteiger partial charge in [-0.05, 0) is 19.8 Å². The first-order chi connectivity index (χ1) is 9.59. The molecule has 1 aromatic heterocycles. The Morgan fingerprint density at radius 3 is 2.55 bits per heavy atom. The van der Waals surface area contributed by atoms with Crippen LogP contribution in [-0.4, -0.2) is 55.5 Å². The van der Waals surface area contributed by atoms with Crippen LogP contribution in [0.15, 0.2) is 17.3 Å². The lowest BCUT2D eigenvalue weighted by Gasteiger charge is -2.21. The van der Waals surface area contributed by atoms with Crippen molar-refractivity contribution in [2.24, 2.45) is 0 Å². The highest BCUT2D eigenvalue weighted by Gasteiger charge is 2.38. The van der Waals surface area contributed by atoms with Gasteiger partial charge in [-0.3, -0.25) is 0 Å². The molecule has 0 unspecified atom stereocenters. The van der Waals surface area contributed by atoms with Gasteiger partial charge in [0.05, 0.1) is 19.0 Å². The molecule has 112 valence electrons. The summed E-state index contributed by atoms with van der Waals surface area (Å²) in [5.41, 5.74) is 0. The number of sulfonamides is 1. The number of methoxy groups -OCH3 is 1. The summed E-state index contributed by atoms with van der Waals surface area (Å²) in [6.07, 6.45) is 4.50. The highest BCUT2D eigenvalue weighted by molar-refractivity contribution is 7.89. The summed E-state index contributed by atoms with van der Waals surface area (Å²) in [5, 5.41) is 2.93.